The van der Waals surface area contributed by atoms with Crippen molar-refractivity contribution >= 4 is 0 Å². The lowest BCUT2D eigenvalue weighted by Crippen LogP contribution is -2.55. The van der Waals surface area contributed by atoms with E-state index in [1.54, 1.807) is 0 Å². The zero-order valence-corrected chi connectivity index (χ0v) is 11.4. The van der Waals surface area contributed by atoms with Gasteiger partial charge in [0.25, 0.3) is 0 Å². The van der Waals surface area contributed by atoms with E-state index < -0.39 is 24.2 Å². The van der Waals surface area contributed by atoms with E-state index in [1.807, 2.05) is 0 Å². The van der Waals surface area contributed by atoms with Crippen LogP contribution in [0, 0.1) is 56.3 Å². The van der Waals surface area contributed by atoms with E-state index >= 15 is 0 Å². The van der Waals surface area contributed by atoms with Gasteiger partial charge in [0.1, 0.15) is 0 Å². The molecule has 0 aromatic rings. The Morgan fingerprint density at radius 1 is 0.545 bits per heavy atom. The first kappa shape index (κ1) is 13.0. The van der Waals surface area contributed by atoms with Crippen molar-refractivity contribution in [3.8, 4) is 0 Å². The molecular formula is C12H14N4O6-4. The molecule has 6 rings (SSSR count). The summed E-state index contributed by atoms with van der Waals surface area (Å²) in [5, 5.41) is 49.4. The maximum atomic E-state index is 11.9. The van der Waals surface area contributed by atoms with Crippen LogP contribution in [0.4, 0.5) is 0 Å². The fourth-order valence-electron chi connectivity index (χ4n) is 7.02. The molecule has 122 valence electrons. The highest BCUT2D eigenvalue weighted by Crippen LogP contribution is 2.71. The van der Waals surface area contributed by atoms with Gasteiger partial charge in [-0.05, 0) is 48.3 Å². The zero-order valence-electron chi connectivity index (χ0n) is 11.4. The molecule has 4 saturated carbocycles. The Hall–Kier alpha value is -0.400. The zero-order chi connectivity index (χ0) is 14.9. The summed E-state index contributed by atoms with van der Waals surface area (Å²) in [7, 11) is 0. The van der Waals surface area contributed by atoms with Gasteiger partial charge in [-0.15, -0.1) is 0 Å². The van der Waals surface area contributed by atoms with Crippen LogP contribution in [0.1, 0.15) is 12.8 Å². The second-order valence-corrected chi connectivity index (χ2v) is 7.55. The van der Waals surface area contributed by atoms with E-state index in [0.717, 1.165) is 12.8 Å². The van der Waals surface area contributed by atoms with Crippen molar-refractivity contribution < 1.29 is 9.88 Å². The summed E-state index contributed by atoms with van der Waals surface area (Å²) in [6.45, 7) is 0. The smallest absolute Gasteiger partial charge is 0.0440 e. The third-order valence-electron chi connectivity index (χ3n) is 7.26. The maximum Gasteiger partial charge on any atom is 0.0440 e. The molecule has 0 amide bonds. The normalized spacial score (nSPS) is 63.8. The van der Waals surface area contributed by atoms with Crippen molar-refractivity contribution in [3.05, 3.63) is 20.8 Å². The standard InChI is InChI=1S/C12H14N4O6/c17-13-9-3-1-4(10(9)14(18)21-13)8-6-2-5(7(3)8)11-12(6)16(20)22-15(11)19/h3-12H,1-2H2/q-4. The van der Waals surface area contributed by atoms with Crippen LogP contribution in [0.3, 0.4) is 0 Å². The first-order valence-electron chi connectivity index (χ1n) is 7.79. The Labute approximate surface area is 125 Å². The van der Waals surface area contributed by atoms with Gasteiger partial charge in [0.15, 0.2) is 0 Å². The molecule has 10 heteroatoms. The molecule has 8 unspecified atom stereocenters. The monoisotopic (exact) mass is 310 g/mol. The highest BCUT2D eigenvalue weighted by molar-refractivity contribution is 5.24. The van der Waals surface area contributed by atoms with Crippen LogP contribution in [0.5, 0.6) is 0 Å². The van der Waals surface area contributed by atoms with Gasteiger partial charge in [-0.1, -0.05) is 0 Å². The van der Waals surface area contributed by atoms with Crippen molar-refractivity contribution in [3.63, 3.8) is 0 Å². The lowest BCUT2D eigenvalue weighted by molar-refractivity contribution is -0.245. The number of fused-ring (bicyclic) bond motifs is 15. The van der Waals surface area contributed by atoms with Crippen LogP contribution < -0.4 is 0 Å². The summed E-state index contributed by atoms with van der Waals surface area (Å²) in [5.41, 5.74) is 0. The molecule has 2 heterocycles. The molecule has 0 radical (unpaired) electrons. The molecule has 2 saturated heterocycles. The van der Waals surface area contributed by atoms with Crippen molar-refractivity contribution in [1.29, 1.82) is 0 Å². The van der Waals surface area contributed by atoms with Gasteiger partial charge >= 0.3 is 0 Å². The van der Waals surface area contributed by atoms with Crippen molar-refractivity contribution in [2.75, 3.05) is 0 Å². The van der Waals surface area contributed by atoms with E-state index in [2.05, 4.69) is 9.88 Å². The highest BCUT2D eigenvalue weighted by Gasteiger charge is 2.73. The molecule has 6 aliphatic rings. The average Bonchev–Trinajstić information content (AvgIpc) is 3.21. The van der Waals surface area contributed by atoms with Gasteiger partial charge in [-0.25, -0.2) is 30.8 Å². The topological polar surface area (TPSA) is 124 Å². The van der Waals surface area contributed by atoms with E-state index in [1.165, 1.54) is 0 Å². The van der Waals surface area contributed by atoms with Gasteiger partial charge in [0.2, 0.25) is 0 Å². The SMILES string of the molecule is [O-]N1ON([O-])C2C3CC(C4C5CC(C34)C3C5N([O-])ON3[O-])C21. The number of hydrogen-bond acceptors (Lipinski definition) is 10. The molecule has 2 aliphatic heterocycles. The Morgan fingerprint density at radius 2 is 0.818 bits per heavy atom. The Morgan fingerprint density at radius 3 is 1.09 bits per heavy atom. The number of rotatable bonds is 0. The molecule has 0 aromatic heterocycles. The minimum atomic E-state index is -0.438. The van der Waals surface area contributed by atoms with Crippen molar-refractivity contribution in [1.82, 2.24) is 20.9 Å². The molecule has 0 aromatic carbocycles. The summed E-state index contributed by atoms with van der Waals surface area (Å²) in [4.78, 5) is 9.38. The Kier molecular flexibility index (Phi) is 2.24. The van der Waals surface area contributed by atoms with E-state index in [-0.39, 0.29) is 35.5 Å². The van der Waals surface area contributed by atoms with E-state index in [4.69, 9.17) is 0 Å². The molecule has 4 aliphatic carbocycles. The molecule has 8 atom stereocenters. The van der Waals surface area contributed by atoms with Crippen LogP contribution in [-0.2, 0) is 9.88 Å². The fraction of sp³-hybridized carbons (Fsp3) is 1.00. The molecule has 0 N–H and O–H groups in total. The third-order valence-corrected chi connectivity index (χ3v) is 7.26. The van der Waals surface area contributed by atoms with Gasteiger partial charge in [0.05, 0.1) is 0 Å². The first-order chi connectivity index (χ1) is 10.6. The molecular weight excluding hydrogens is 296 g/mol. The third kappa shape index (κ3) is 1.19. The minimum absolute atomic E-state index is 0.0708. The predicted molar refractivity (Wildman–Crippen MR) is 68.3 cm³/mol. The summed E-state index contributed by atoms with van der Waals surface area (Å²) < 4.78 is 0. The predicted octanol–water partition coefficient (Wildman–Crippen LogP) is -0.0878. The minimum Gasteiger partial charge on any atom is -0.760 e. The molecule has 4 bridgehead atoms. The lowest BCUT2D eigenvalue weighted by atomic mass is 9.65. The van der Waals surface area contributed by atoms with E-state index in [9.17, 15) is 20.8 Å². The molecule has 10 nitrogen and oxygen atoms in total. The summed E-state index contributed by atoms with van der Waals surface area (Å²) in [5.74, 6) is 0.720. The summed E-state index contributed by atoms with van der Waals surface area (Å²) >= 11 is 0. The highest BCUT2D eigenvalue weighted by atomic mass is 17.1. The Balaban J connectivity index is 1.41. The van der Waals surface area contributed by atoms with Crippen LogP contribution in [0.2, 0.25) is 0 Å². The van der Waals surface area contributed by atoms with Crippen LogP contribution in [-0.4, -0.2) is 45.1 Å². The first-order valence-corrected chi connectivity index (χ1v) is 7.79. The van der Waals surface area contributed by atoms with Crippen LogP contribution in [0.25, 0.3) is 0 Å². The summed E-state index contributed by atoms with van der Waals surface area (Å²) in [6, 6.07) is -1.75. The largest absolute Gasteiger partial charge is 0.760 e. The fourth-order valence-corrected chi connectivity index (χ4v) is 7.02. The molecule has 6 fully saturated rings. The second kappa shape index (κ2) is 3.81. The van der Waals surface area contributed by atoms with Gasteiger partial charge in [0, 0.05) is 24.2 Å². The number of hydrogen-bond donors (Lipinski definition) is 0. The lowest BCUT2D eigenvalue weighted by Gasteiger charge is -2.48. The molecule has 0 spiro atoms. The average molecular weight is 310 g/mol. The van der Waals surface area contributed by atoms with Gasteiger partial charge in [-0.2, -0.15) is 0 Å². The number of nitrogens with zero attached hydrogens (tertiary/aromatic N) is 4. The van der Waals surface area contributed by atoms with Crippen LogP contribution >= 0.6 is 0 Å². The summed E-state index contributed by atoms with van der Waals surface area (Å²) in [6.07, 6.45) is 1.63. The second-order valence-electron chi connectivity index (χ2n) is 7.55. The van der Waals surface area contributed by atoms with E-state index in [0.29, 0.717) is 20.9 Å². The maximum absolute atomic E-state index is 11.9. The number of hydroxylamine groups is 8. The molecule has 22 heavy (non-hydrogen) atoms. The van der Waals surface area contributed by atoms with Gasteiger partial charge < -0.3 is 20.8 Å². The quantitative estimate of drug-likeness (QED) is 0.560. The van der Waals surface area contributed by atoms with Gasteiger partial charge in [-0.3, -0.25) is 0 Å². The van der Waals surface area contributed by atoms with Crippen molar-refractivity contribution in [2.45, 2.75) is 37.0 Å². The van der Waals surface area contributed by atoms with Crippen molar-refractivity contribution in [2.24, 2.45) is 35.5 Å². The Bertz CT molecular complexity index is 454. The van der Waals surface area contributed by atoms with Crippen LogP contribution in [0.15, 0.2) is 0 Å².